The summed E-state index contributed by atoms with van der Waals surface area (Å²) in [7, 11) is 1.80. The molecule has 2 aromatic heterocycles. The van der Waals surface area contributed by atoms with E-state index in [2.05, 4.69) is 15.9 Å². The van der Waals surface area contributed by atoms with Crippen molar-refractivity contribution in [1.82, 2.24) is 18.9 Å². The molecule has 0 radical (unpaired) electrons. The smallest absolute Gasteiger partial charge is 0.334 e. The number of para-hydroxylation sites is 2. The lowest BCUT2D eigenvalue weighted by atomic mass is 10.2. The molecule has 7 heteroatoms. The van der Waals surface area contributed by atoms with Gasteiger partial charge in [-0.3, -0.25) is 13.9 Å². The van der Waals surface area contributed by atoms with Gasteiger partial charge in [0, 0.05) is 51.4 Å². The van der Waals surface area contributed by atoms with Gasteiger partial charge in [0.25, 0.3) is 0 Å². The zero-order valence-electron chi connectivity index (χ0n) is 16.3. The van der Waals surface area contributed by atoms with Crippen molar-refractivity contribution in [2.24, 2.45) is 7.05 Å². The van der Waals surface area contributed by atoms with Crippen LogP contribution in [0.3, 0.4) is 0 Å². The lowest BCUT2D eigenvalue weighted by Gasteiger charge is -2.36. The van der Waals surface area contributed by atoms with Gasteiger partial charge in [-0.1, -0.05) is 35.9 Å². The molecule has 0 amide bonds. The summed E-state index contributed by atoms with van der Waals surface area (Å²) < 4.78 is 3.34. The van der Waals surface area contributed by atoms with Crippen LogP contribution in [0, 0.1) is 0 Å². The molecule has 0 atom stereocenters. The van der Waals surface area contributed by atoms with Crippen LogP contribution in [0.1, 0.15) is 5.69 Å². The van der Waals surface area contributed by atoms with Gasteiger partial charge >= 0.3 is 5.69 Å². The molecule has 0 unspecified atom stereocenters. The number of aromatic nitrogens is 3. The van der Waals surface area contributed by atoms with Crippen LogP contribution in [0.15, 0.2) is 59.5 Å². The molecule has 0 saturated carbocycles. The molecule has 3 heterocycles. The van der Waals surface area contributed by atoms with Crippen molar-refractivity contribution in [2.75, 3.05) is 31.1 Å². The van der Waals surface area contributed by atoms with Crippen molar-refractivity contribution in [2.45, 2.75) is 6.54 Å². The first-order chi connectivity index (χ1) is 14.1. The second-order valence-electron chi connectivity index (χ2n) is 7.50. The molecule has 6 nitrogen and oxygen atoms in total. The number of rotatable bonds is 3. The van der Waals surface area contributed by atoms with E-state index in [-0.39, 0.29) is 5.69 Å². The number of benzene rings is 2. The topological polar surface area (TPSA) is 45.8 Å². The standard InChI is InChI=1S/C22H22ClN5O/c1-25-19-8-4-2-6-17(19)21-24-16(15-28(21)22(25)29)14-26-10-12-27(13-11-26)20-9-5-3-7-18(20)23/h2-9,15H,10-14H2,1H3. The average molecular weight is 408 g/mol. The number of aryl methyl sites for hydroxylation is 1. The molecule has 4 aromatic rings. The van der Waals surface area contributed by atoms with Crippen molar-refractivity contribution in [3.63, 3.8) is 0 Å². The predicted octanol–water partition coefficient (Wildman–Crippen LogP) is 3.16. The largest absolute Gasteiger partial charge is 0.368 e. The van der Waals surface area contributed by atoms with Gasteiger partial charge in [-0.25, -0.2) is 9.78 Å². The van der Waals surface area contributed by atoms with Crippen LogP contribution in [0.25, 0.3) is 16.6 Å². The van der Waals surface area contributed by atoms with Crippen LogP contribution in [0.4, 0.5) is 5.69 Å². The Morgan fingerprint density at radius 3 is 2.52 bits per heavy atom. The summed E-state index contributed by atoms with van der Waals surface area (Å²) in [6, 6.07) is 15.9. The second kappa shape index (κ2) is 7.21. The lowest BCUT2D eigenvalue weighted by Crippen LogP contribution is -2.46. The van der Waals surface area contributed by atoms with Gasteiger partial charge in [-0.2, -0.15) is 0 Å². The summed E-state index contributed by atoms with van der Waals surface area (Å²) in [5.41, 5.74) is 3.58. The number of halogens is 1. The first-order valence-corrected chi connectivity index (χ1v) is 10.2. The summed E-state index contributed by atoms with van der Waals surface area (Å²) in [5.74, 6) is 0. The molecular weight excluding hydrogens is 386 g/mol. The summed E-state index contributed by atoms with van der Waals surface area (Å²) >= 11 is 6.34. The third kappa shape index (κ3) is 3.18. The maximum absolute atomic E-state index is 12.7. The lowest BCUT2D eigenvalue weighted by molar-refractivity contribution is 0.247. The highest BCUT2D eigenvalue weighted by Crippen LogP contribution is 2.26. The van der Waals surface area contributed by atoms with E-state index >= 15 is 0 Å². The molecule has 1 fully saturated rings. The van der Waals surface area contributed by atoms with Crippen LogP contribution in [0.2, 0.25) is 5.02 Å². The van der Waals surface area contributed by atoms with E-state index in [9.17, 15) is 4.79 Å². The van der Waals surface area contributed by atoms with E-state index < -0.39 is 0 Å². The predicted molar refractivity (Wildman–Crippen MR) is 117 cm³/mol. The third-order valence-electron chi connectivity index (χ3n) is 5.71. The van der Waals surface area contributed by atoms with E-state index in [4.69, 9.17) is 16.6 Å². The van der Waals surface area contributed by atoms with Crippen LogP contribution in [-0.4, -0.2) is 45.0 Å². The molecule has 0 spiro atoms. The molecule has 1 saturated heterocycles. The van der Waals surface area contributed by atoms with E-state index in [1.54, 1.807) is 16.0 Å². The zero-order valence-corrected chi connectivity index (χ0v) is 17.0. The molecule has 2 aromatic carbocycles. The molecule has 1 aliphatic rings. The molecular formula is C22H22ClN5O. The van der Waals surface area contributed by atoms with Crippen molar-refractivity contribution in [3.8, 4) is 0 Å². The highest BCUT2D eigenvalue weighted by Gasteiger charge is 2.20. The summed E-state index contributed by atoms with van der Waals surface area (Å²) in [5, 5.41) is 1.79. The number of hydrogen-bond donors (Lipinski definition) is 0. The van der Waals surface area contributed by atoms with Crippen LogP contribution in [-0.2, 0) is 13.6 Å². The summed E-state index contributed by atoms with van der Waals surface area (Å²) in [6.07, 6.45) is 1.88. The first-order valence-electron chi connectivity index (χ1n) is 9.79. The van der Waals surface area contributed by atoms with E-state index in [1.807, 2.05) is 48.7 Å². The first kappa shape index (κ1) is 18.2. The maximum atomic E-state index is 12.7. The minimum atomic E-state index is -0.0685. The molecule has 0 bridgehead atoms. The monoisotopic (exact) mass is 407 g/mol. The number of piperazine rings is 1. The second-order valence-corrected chi connectivity index (χ2v) is 7.91. The normalized spacial score (nSPS) is 15.4. The van der Waals surface area contributed by atoms with E-state index in [1.165, 1.54) is 0 Å². The van der Waals surface area contributed by atoms with Crippen molar-refractivity contribution >= 4 is 33.8 Å². The van der Waals surface area contributed by atoms with Gasteiger partial charge in [0.05, 0.1) is 21.9 Å². The highest BCUT2D eigenvalue weighted by atomic mass is 35.5. The summed E-state index contributed by atoms with van der Waals surface area (Å²) in [4.78, 5) is 22.2. The molecule has 1 aliphatic heterocycles. The number of anilines is 1. The van der Waals surface area contributed by atoms with Crippen molar-refractivity contribution in [1.29, 1.82) is 0 Å². The molecule has 29 heavy (non-hydrogen) atoms. The number of fused-ring (bicyclic) bond motifs is 3. The third-order valence-corrected chi connectivity index (χ3v) is 6.03. The SMILES string of the molecule is Cn1c(=O)n2cc(CN3CCN(c4ccccc4Cl)CC3)nc2c2ccccc21. The fraction of sp³-hybridized carbons (Fsp3) is 0.273. The zero-order chi connectivity index (χ0) is 20.0. The van der Waals surface area contributed by atoms with Crippen LogP contribution in [0.5, 0.6) is 0 Å². The molecule has 0 aliphatic carbocycles. The Bertz CT molecular complexity index is 1250. The molecule has 148 valence electrons. The minimum Gasteiger partial charge on any atom is -0.368 e. The Morgan fingerprint density at radius 2 is 1.72 bits per heavy atom. The Morgan fingerprint density at radius 1 is 1.00 bits per heavy atom. The van der Waals surface area contributed by atoms with Gasteiger partial charge in [0.15, 0.2) is 5.65 Å². The van der Waals surface area contributed by atoms with Gasteiger partial charge < -0.3 is 4.90 Å². The van der Waals surface area contributed by atoms with Gasteiger partial charge in [-0.15, -0.1) is 0 Å². The van der Waals surface area contributed by atoms with Crippen molar-refractivity contribution < 1.29 is 0 Å². The Kier molecular flexibility index (Phi) is 4.53. The number of nitrogens with zero attached hydrogens (tertiary/aromatic N) is 5. The maximum Gasteiger partial charge on any atom is 0.334 e. The fourth-order valence-electron chi connectivity index (χ4n) is 4.14. The quantitative estimate of drug-likeness (QED) is 0.523. The average Bonchev–Trinajstić information content (AvgIpc) is 3.17. The minimum absolute atomic E-state index is 0.0685. The number of imidazole rings is 1. The Balaban J connectivity index is 1.38. The van der Waals surface area contributed by atoms with E-state index in [0.717, 1.165) is 65.7 Å². The van der Waals surface area contributed by atoms with E-state index in [0.29, 0.717) is 0 Å². The summed E-state index contributed by atoms with van der Waals surface area (Å²) in [6.45, 7) is 4.43. The van der Waals surface area contributed by atoms with Crippen LogP contribution < -0.4 is 10.6 Å². The van der Waals surface area contributed by atoms with Gasteiger partial charge in [0.1, 0.15) is 0 Å². The Labute approximate surface area is 173 Å². The van der Waals surface area contributed by atoms with Crippen LogP contribution >= 0.6 is 11.6 Å². The Hall–Kier alpha value is -2.83. The molecule has 5 rings (SSSR count). The van der Waals surface area contributed by atoms with Gasteiger partial charge in [-0.05, 0) is 24.3 Å². The molecule has 0 N–H and O–H groups in total. The fourth-order valence-corrected chi connectivity index (χ4v) is 4.40. The highest BCUT2D eigenvalue weighted by molar-refractivity contribution is 6.33. The number of hydrogen-bond acceptors (Lipinski definition) is 4. The van der Waals surface area contributed by atoms with Crippen molar-refractivity contribution in [3.05, 3.63) is 75.9 Å². The van der Waals surface area contributed by atoms with Gasteiger partial charge in [0.2, 0.25) is 0 Å².